The van der Waals surface area contributed by atoms with Crippen LogP contribution in [0.15, 0.2) is 16.6 Å². The van der Waals surface area contributed by atoms with E-state index in [-0.39, 0.29) is 18.0 Å². The van der Waals surface area contributed by atoms with E-state index in [4.69, 9.17) is 4.74 Å². The SMILES string of the molecule is CC(=O)CCCCOCc1c(F)cc(Br)cc1F. The van der Waals surface area contributed by atoms with Gasteiger partial charge in [-0.25, -0.2) is 8.78 Å². The molecule has 0 amide bonds. The summed E-state index contributed by atoms with van der Waals surface area (Å²) >= 11 is 3.01. The molecule has 0 atom stereocenters. The smallest absolute Gasteiger partial charge is 0.132 e. The van der Waals surface area contributed by atoms with E-state index < -0.39 is 11.6 Å². The predicted molar refractivity (Wildman–Crippen MR) is 68.2 cm³/mol. The van der Waals surface area contributed by atoms with Crippen molar-refractivity contribution in [3.63, 3.8) is 0 Å². The van der Waals surface area contributed by atoms with Gasteiger partial charge < -0.3 is 9.53 Å². The van der Waals surface area contributed by atoms with Crippen molar-refractivity contribution in [1.82, 2.24) is 0 Å². The zero-order valence-electron chi connectivity index (χ0n) is 10.1. The third-order valence-corrected chi connectivity index (χ3v) is 2.88. The van der Waals surface area contributed by atoms with Gasteiger partial charge in [-0.05, 0) is 31.9 Å². The van der Waals surface area contributed by atoms with Crippen molar-refractivity contribution in [3.05, 3.63) is 33.8 Å². The summed E-state index contributed by atoms with van der Waals surface area (Å²) in [6.07, 6.45) is 1.96. The highest BCUT2D eigenvalue weighted by Crippen LogP contribution is 2.20. The Balaban J connectivity index is 2.33. The molecule has 0 aliphatic rings. The Bertz CT molecular complexity index is 398. The van der Waals surface area contributed by atoms with Crippen molar-refractivity contribution < 1.29 is 18.3 Å². The van der Waals surface area contributed by atoms with Gasteiger partial charge >= 0.3 is 0 Å². The molecule has 0 unspecified atom stereocenters. The number of ketones is 1. The van der Waals surface area contributed by atoms with Gasteiger partial charge in [0.15, 0.2) is 0 Å². The van der Waals surface area contributed by atoms with Crippen LogP contribution >= 0.6 is 15.9 Å². The van der Waals surface area contributed by atoms with Crippen LogP contribution in [-0.2, 0) is 16.1 Å². The number of rotatable bonds is 7. The van der Waals surface area contributed by atoms with E-state index >= 15 is 0 Å². The minimum absolute atomic E-state index is 0.0650. The average Bonchev–Trinajstić information content (AvgIpc) is 2.25. The summed E-state index contributed by atoms with van der Waals surface area (Å²) in [5, 5.41) is 0. The molecule has 0 bridgehead atoms. The molecule has 0 saturated heterocycles. The Morgan fingerprint density at radius 2 is 1.89 bits per heavy atom. The summed E-state index contributed by atoms with van der Waals surface area (Å²) in [5.41, 5.74) is -0.0650. The molecule has 0 heterocycles. The highest BCUT2D eigenvalue weighted by molar-refractivity contribution is 9.10. The molecule has 0 aromatic heterocycles. The number of unbranched alkanes of at least 4 members (excludes halogenated alkanes) is 1. The predicted octanol–water partition coefficient (Wildman–Crippen LogP) is 4.00. The van der Waals surface area contributed by atoms with Crippen molar-refractivity contribution >= 4 is 21.7 Å². The summed E-state index contributed by atoms with van der Waals surface area (Å²) in [4.78, 5) is 10.7. The molecule has 1 aromatic rings. The number of benzene rings is 1. The molecule has 0 saturated carbocycles. The standard InChI is InChI=1S/C13H15BrF2O2/c1-9(17)4-2-3-5-18-8-11-12(15)6-10(14)7-13(11)16/h6-7H,2-5,8H2,1H3. The number of Topliss-reactive ketones (excluding diaryl/α,β-unsaturated/α-hetero) is 1. The first-order valence-corrected chi connectivity index (χ1v) is 6.50. The van der Waals surface area contributed by atoms with Crippen LogP contribution in [0.3, 0.4) is 0 Å². The Labute approximate surface area is 113 Å². The maximum Gasteiger partial charge on any atom is 0.132 e. The summed E-state index contributed by atoms with van der Waals surface area (Å²) in [5.74, 6) is -1.10. The molecule has 2 nitrogen and oxygen atoms in total. The summed E-state index contributed by atoms with van der Waals surface area (Å²) in [6, 6.07) is 2.41. The van der Waals surface area contributed by atoms with Crippen LogP contribution in [0.4, 0.5) is 8.78 Å². The second-order valence-corrected chi connectivity index (χ2v) is 4.98. The zero-order chi connectivity index (χ0) is 13.5. The molecule has 18 heavy (non-hydrogen) atoms. The van der Waals surface area contributed by atoms with Crippen molar-refractivity contribution in [2.24, 2.45) is 0 Å². The Morgan fingerprint density at radius 1 is 1.28 bits per heavy atom. The molecule has 0 fully saturated rings. The molecular formula is C13H15BrF2O2. The topological polar surface area (TPSA) is 26.3 Å². The fourth-order valence-electron chi connectivity index (χ4n) is 1.46. The monoisotopic (exact) mass is 320 g/mol. The molecule has 0 spiro atoms. The normalized spacial score (nSPS) is 10.7. The first-order chi connectivity index (χ1) is 8.50. The third-order valence-electron chi connectivity index (χ3n) is 2.42. The molecule has 0 N–H and O–H groups in total. The van der Waals surface area contributed by atoms with Crippen LogP contribution in [0.1, 0.15) is 31.7 Å². The summed E-state index contributed by atoms with van der Waals surface area (Å²) in [7, 11) is 0. The van der Waals surface area contributed by atoms with Crippen LogP contribution in [0.25, 0.3) is 0 Å². The van der Waals surface area contributed by atoms with Gasteiger partial charge in [0.2, 0.25) is 0 Å². The fraction of sp³-hybridized carbons (Fsp3) is 0.462. The van der Waals surface area contributed by atoms with Gasteiger partial charge in [0.05, 0.1) is 6.61 Å². The average molecular weight is 321 g/mol. The lowest BCUT2D eigenvalue weighted by molar-refractivity contribution is -0.117. The van der Waals surface area contributed by atoms with E-state index in [2.05, 4.69) is 15.9 Å². The number of hydrogen-bond acceptors (Lipinski definition) is 2. The maximum absolute atomic E-state index is 13.4. The van der Waals surface area contributed by atoms with E-state index in [0.717, 1.165) is 6.42 Å². The van der Waals surface area contributed by atoms with Gasteiger partial charge in [-0.1, -0.05) is 15.9 Å². The van der Waals surface area contributed by atoms with E-state index in [9.17, 15) is 13.6 Å². The van der Waals surface area contributed by atoms with Crippen molar-refractivity contribution in [2.45, 2.75) is 32.8 Å². The van der Waals surface area contributed by atoms with Gasteiger partial charge in [-0.2, -0.15) is 0 Å². The second-order valence-electron chi connectivity index (χ2n) is 4.06. The zero-order valence-corrected chi connectivity index (χ0v) is 11.7. The van der Waals surface area contributed by atoms with Crippen molar-refractivity contribution in [3.8, 4) is 0 Å². The molecule has 0 aliphatic heterocycles. The molecule has 100 valence electrons. The fourth-order valence-corrected chi connectivity index (χ4v) is 1.86. The van der Waals surface area contributed by atoms with Crippen molar-refractivity contribution in [1.29, 1.82) is 0 Å². The van der Waals surface area contributed by atoms with E-state index in [1.54, 1.807) is 0 Å². The minimum atomic E-state index is -0.620. The van der Waals surface area contributed by atoms with E-state index in [1.165, 1.54) is 19.1 Å². The maximum atomic E-state index is 13.4. The highest BCUT2D eigenvalue weighted by Gasteiger charge is 2.10. The lowest BCUT2D eigenvalue weighted by atomic mass is 10.2. The van der Waals surface area contributed by atoms with Crippen LogP contribution in [0.5, 0.6) is 0 Å². The van der Waals surface area contributed by atoms with Gasteiger partial charge in [-0.15, -0.1) is 0 Å². The van der Waals surface area contributed by atoms with E-state index in [1.807, 2.05) is 0 Å². The van der Waals surface area contributed by atoms with Crippen molar-refractivity contribution in [2.75, 3.05) is 6.61 Å². The Kier molecular flexibility index (Phi) is 6.43. The van der Waals surface area contributed by atoms with Gasteiger partial charge in [0, 0.05) is 23.1 Å². The molecule has 1 rings (SSSR count). The second kappa shape index (κ2) is 7.59. The third kappa shape index (κ3) is 5.23. The van der Waals surface area contributed by atoms with Crippen LogP contribution < -0.4 is 0 Å². The molecule has 0 aliphatic carbocycles. The first-order valence-electron chi connectivity index (χ1n) is 5.71. The number of carbonyl (C=O) groups excluding carboxylic acids is 1. The van der Waals surface area contributed by atoms with Gasteiger partial charge in [0.25, 0.3) is 0 Å². The largest absolute Gasteiger partial charge is 0.377 e. The first kappa shape index (κ1) is 15.2. The minimum Gasteiger partial charge on any atom is -0.377 e. The van der Waals surface area contributed by atoms with Crippen LogP contribution in [0.2, 0.25) is 0 Å². The molecule has 0 radical (unpaired) electrons. The van der Waals surface area contributed by atoms with Gasteiger partial charge in [-0.3, -0.25) is 0 Å². The van der Waals surface area contributed by atoms with Crippen LogP contribution in [-0.4, -0.2) is 12.4 Å². The highest BCUT2D eigenvalue weighted by atomic mass is 79.9. The van der Waals surface area contributed by atoms with Crippen LogP contribution in [0, 0.1) is 11.6 Å². The summed E-state index contributed by atoms with van der Waals surface area (Å²) < 4.78 is 32.4. The number of ether oxygens (including phenoxy) is 1. The molecule has 1 aromatic carbocycles. The lowest BCUT2D eigenvalue weighted by Gasteiger charge is -2.07. The number of halogens is 3. The number of carbonyl (C=O) groups is 1. The van der Waals surface area contributed by atoms with Gasteiger partial charge in [0.1, 0.15) is 17.4 Å². The summed E-state index contributed by atoms with van der Waals surface area (Å²) in [6.45, 7) is 1.83. The molecule has 5 heteroatoms. The quantitative estimate of drug-likeness (QED) is 0.710. The molecular weight excluding hydrogens is 306 g/mol. The lowest BCUT2D eigenvalue weighted by Crippen LogP contribution is -2.02. The van der Waals surface area contributed by atoms with E-state index in [0.29, 0.717) is 23.9 Å². The number of hydrogen-bond donors (Lipinski definition) is 0. The Morgan fingerprint density at radius 3 is 2.44 bits per heavy atom. The Hall–Kier alpha value is -0.810.